The minimum atomic E-state index is -0.0936. The second-order valence-electron chi connectivity index (χ2n) is 5.53. The van der Waals surface area contributed by atoms with Crippen LogP contribution in [0, 0.1) is 0 Å². The SMILES string of the molecule is CC/C=C\C/C=C\C/C=C\C/C=C\CCCCCCC(=O)OC. The number of allylic oxidation sites excluding steroid dienone is 8. The van der Waals surface area contributed by atoms with Gasteiger partial charge in [-0.2, -0.15) is 0 Å². The number of unbranched alkanes of at least 4 members (excludes halogenated alkanes) is 4. The standard InChI is InChI=1S/C21H34O2/c1-3-4-5-6-7-8-9-10-11-12-13-14-15-16-17-18-19-20-21(22)23-2/h4-5,7-8,10-11,13-14H,3,6,9,12,15-20H2,1-2H3/b5-4-,8-7-,11-10-,14-13-. The zero-order valence-corrected chi connectivity index (χ0v) is 15.0. The Hall–Kier alpha value is -1.57. The molecular formula is C21H34O2. The Kier molecular flexibility index (Phi) is 17.2. The zero-order chi connectivity index (χ0) is 17.0. The number of rotatable bonds is 14. The lowest BCUT2D eigenvalue weighted by atomic mass is 10.1. The molecule has 2 nitrogen and oxygen atoms in total. The molecule has 0 N–H and O–H groups in total. The van der Waals surface area contributed by atoms with Crippen molar-refractivity contribution in [3.63, 3.8) is 0 Å². The number of ether oxygens (including phenoxy) is 1. The van der Waals surface area contributed by atoms with E-state index in [0.29, 0.717) is 6.42 Å². The highest BCUT2D eigenvalue weighted by molar-refractivity contribution is 5.68. The summed E-state index contributed by atoms with van der Waals surface area (Å²) in [5.41, 5.74) is 0. The summed E-state index contributed by atoms with van der Waals surface area (Å²) in [5.74, 6) is -0.0936. The highest BCUT2D eigenvalue weighted by Gasteiger charge is 1.98. The molecule has 0 atom stereocenters. The molecule has 0 aromatic rings. The van der Waals surface area contributed by atoms with E-state index in [4.69, 9.17) is 0 Å². The van der Waals surface area contributed by atoms with Gasteiger partial charge in [-0.05, 0) is 44.9 Å². The van der Waals surface area contributed by atoms with Gasteiger partial charge in [0, 0.05) is 6.42 Å². The van der Waals surface area contributed by atoms with Gasteiger partial charge in [0.15, 0.2) is 0 Å². The Balaban J connectivity index is 3.35. The fraction of sp³-hybridized carbons (Fsp3) is 0.571. The van der Waals surface area contributed by atoms with Crippen molar-refractivity contribution < 1.29 is 9.53 Å². The monoisotopic (exact) mass is 318 g/mol. The molecule has 0 aliphatic heterocycles. The second kappa shape index (κ2) is 18.5. The predicted molar refractivity (Wildman–Crippen MR) is 100 cm³/mol. The van der Waals surface area contributed by atoms with Crippen molar-refractivity contribution in [1.82, 2.24) is 0 Å². The van der Waals surface area contributed by atoms with Crippen molar-refractivity contribution in [2.75, 3.05) is 7.11 Å². The van der Waals surface area contributed by atoms with E-state index in [1.54, 1.807) is 0 Å². The van der Waals surface area contributed by atoms with Crippen LogP contribution in [0.3, 0.4) is 0 Å². The molecule has 0 rings (SSSR count). The van der Waals surface area contributed by atoms with E-state index < -0.39 is 0 Å². The molecule has 0 unspecified atom stereocenters. The van der Waals surface area contributed by atoms with Crippen LogP contribution in [0.1, 0.15) is 71.1 Å². The Labute approximate surface area is 143 Å². The molecule has 0 heterocycles. The zero-order valence-electron chi connectivity index (χ0n) is 15.0. The van der Waals surface area contributed by atoms with Crippen molar-refractivity contribution in [3.05, 3.63) is 48.6 Å². The molecular weight excluding hydrogens is 284 g/mol. The van der Waals surface area contributed by atoms with E-state index in [9.17, 15) is 4.79 Å². The van der Waals surface area contributed by atoms with Crippen molar-refractivity contribution in [2.45, 2.75) is 71.1 Å². The average molecular weight is 319 g/mol. The molecule has 23 heavy (non-hydrogen) atoms. The lowest BCUT2D eigenvalue weighted by Crippen LogP contribution is -1.98. The van der Waals surface area contributed by atoms with Gasteiger partial charge in [-0.3, -0.25) is 4.79 Å². The van der Waals surface area contributed by atoms with Gasteiger partial charge < -0.3 is 4.74 Å². The molecule has 0 amide bonds. The molecule has 0 saturated heterocycles. The Bertz CT molecular complexity index is 375. The molecule has 0 saturated carbocycles. The summed E-state index contributed by atoms with van der Waals surface area (Å²) in [6.45, 7) is 2.15. The van der Waals surface area contributed by atoms with Crippen LogP contribution in [0.4, 0.5) is 0 Å². The van der Waals surface area contributed by atoms with Crippen LogP contribution in [0.25, 0.3) is 0 Å². The van der Waals surface area contributed by atoms with E-state index in [1.807, 2.05) is 0 Å². The minimum absolute atomic E-state index is 0.0936. The normalized spacial score (nSPS) is 12.3. The maximum Gasteiger partial charge on any atom is 0.305 e. The highest BCUT2D eigenvalue weighted by Crippen LogP contribution is 2.06. The molecule has 0 aliphatic carbocycles. The van der Waals surface area contributed by atoms with Gasteiger partial charge in [-0.1, -0.05) is 68.4 Å². The van der Waals surface area contributed by atoms with E-state index >= 15 is 0 Å². The summed E-state index contributed by atoms with van der Waals surface area (Å²) >= 11 is 0. The van der Waals surface area contributed by atoms with Crippen molar-refractivity contribution >= 4 is 5.97 Å². The smallest absolute Gasteiger partial charge is 0.305 e. The summed E-state index contributed by atoms with van der Waals surface area (Å²) in [6.07, 6.45) is 28.1. The van der Waals surface area contributed by atoms with Gasteiger partial charge in [0.05, 0.1) is 7.11 Å². The maximum absolute atomic E-state index is 10.9. The topological polar surface area (TPSA) is 26.3 Å². The Morgan fingerprint density at radius 3 is 1.83 bits per heavy atom. The third-order valence-electron chi connectivity index (χ3n) is 3.45. The lowest BCUT2D eigenvalue weighted by molar-refractivity contribution is -0.140. The number of esters is 1. The van der Waals surface area contributed by atoms with Gasteiger partial charge in [0.2, 0.25) is 0 Å². The summed E-state index contributed by atoms with van der Waals surface area (Å²) in [4.78, 5) is 10.9. The number of hydrogen-bond donors (Lipinski definition) is 0. The molecule has 0 aromatic carbocycles. The van der Waals surface area contributed by atoms with Gasteiger partial charge in [0.1, 0.15) is 0 Å². The molecule has 0 bridgehead atoms. The van der Waals surface area contributed by atoms with Crippen molar-refractivity contribution in [3.8, 4) is 0 Å². The predicted octanol–water partition coefficient (Wildman–Crippen LogP) is 6.31. The number of carbonyl (C=O) groups is 1. The van der Waals surface area contributed by atoms with Crippen LogP contribution in [0.15, 0.2) is 48.6 Å². The first-order valence-electron chi connectivity index (χ1n) is 8.98. The fourth-order valence-electron chi connectivity index (χ4n) is 2.08. The van der Waals surface area contributed by atoms with E-state index in [1.165, 1.54) is 20.0 Å². The number of methoxy groups -OCH3 is 1. The van der Waals surface area contributed by atoms with Gasteiger partial charge in [-0.15, -0.1) is 0 Å². The van der Waals surface area contributed by atoms with Crippen LogP contribution in [0.5, 0.6) is 0 Å². The van der Waals surface area contributed by atoms with Crippen molar-refractivity contribution in [1.29, 1.82) is 0 Å². The maximum atomic E-state index is 10.9. The Morgan fingerprint density at radius 1 is 0.739 bits per heavy atom. The molecule has 130 valence electrons. The molecule has 2 heteroatoms. The second-order valence-corrected chi connectivity index (χ2v) is 5.53. The van der Waals surface area contributed by atoms with E-state index in [0.717, 1.165) is 44.9 Å². The van der Waals surface area contributed by atoms with Crippen LogP contribution >= 0.6 is 0 Å². The molecule has 0 fully saturated rings. The molecule has 0 radical (unpaired) electrons. The quantitative estimate of drug-likeness (QED) is 0.213. The molecule has 0 aromatic heterocycles. The molecule has 0 spiro atoms. The van der Waals surface area contributed by atoms with Crippen LogP contribution in [-0.2, 0) is 9.53 Å². The number of hydrogen-bond acceptors (Lipinski definition) is 2. The highest BCUT2D eigenvalue weighted by atomic mass is 16.5. The first-order chi connectivity index (χ1) is 11.3. The minimum Gasteiger partial charge on any atom is -0.469 e. The fourth-order valence-corrected chi connectivity index (χ4v) is 2.08. The lowest BCUT2D eigenvalue weighted by Gasteiger charge is -1.99. The Morgan fingerprint density at radius 2 is 1.26 bits per heavy atom. The van der Waals surface area contributed by atoms with E-state index in [-0.39, 0.29) is 5.97 Å². The van der Waals surface area contributed by atoms with Crippen LogP contribution in [-0.4, -0.2) is 13.1 Å². The van der Waals surface area contributed by atoms with Gasteiger partial charge >= 0.3 is 5.97 Å². The van der Waals surface area contributed by atoms with Gasteiger partial charge in [-0.25, -0.2) is 0 Å². The van der Waals surface area contributed by atoms with Gasteiger partial charge in [0.25, 0.3) is 0 Å². The first-order valence-corrected chi connectivity index (χ1v) is 8.98. The third kappa shape index (κ3) is 18.4. The van der Waals surface area contributed by atoms with Crippen LogP contribution in [0.2, 0.25) is 0 Å². The number of carbonyl (C=O) groups excluding carboxylic acids is 1. The summed E-state index contributed by atoms with van der Waals surface area (Å²) in [5, 5.41) is 0. The largest absolute Gasteiger partial charge is 0.469 e. The average Bonchev–Trinajstić information content (AvgIpc) is 2.57. The summed E-state index contributed by atoms with van der Waals surface area (Å²) < 4.78 is 4.62. The van der Waals surface area contributed by atoms with Crippen LogP contribution < -0.4 is 0 Å². The summed E-state index contributed by atoms with van der Waals surface area (Å²) in [7, 11) is 1.45. The third-order valence-corrected chi connectivity index (χ3v) is 3.45. The van der Waals surface area contributed by atoms with E-state index in [2.05, 4.69) is 60.3 Å². The molecule has 0 aliphatic rings. The summed E-state index contributed by atoms with van der Waals surface area (Å²) in [6, 6.07) is 0. The van der Waals surface area contributed by atoms with Crippen molar-refractivity contribution in [2.24, 2.45) is 0 Å². The first kappa shape index (κ1) is 21.4.